The van der Waals surface area contributed by atoms with Gasteiger partial charge in [-0.05, 0) is 20.3 Å². The number of rotatable bonds is 5. The first-order valence-electron chi connectivity index (χ1n) is 4.61. The first-order valence-corrected chi connectivity index (χ1v) is 4.61. The van der Waals surface area contributed by atoms with Crippen molar-refractivity contribution in [2.45, 2.75) is 33.3 Å². The van der Waals surface area contributed by atoms with Gasteiger partial charge in [-0.15, -0.1) is 0 Å². The minimum Gasteiger partial charge on any atom is -0.392 e. The summed E-state index contributed by atoms with van der Waals surface area (Å²) in [5.74, 6) is -0.0669. The van der Waals surface area contributed by atoms with Crippen molar-refractivity contribution in [3.63, 3.8) is 0 Å². The molecule has 1 unspecified atom stereocenters. The molecule has 0 radical (unpaired) electrons. The lowest BCUT2D eigenvalue weighted by molar-refractivity contribution is -0.128. The van der Waals surface area contributed by atoms with Crippen LogP contribution < -0.4 is 0 Å². The van der Waals surface area contributed by atoms with Gasteiger partial charge in [-0.2, -0.15) is 0 Å². The fraction of sp³-hybridized carbons (Fsp3) is 0.700. The maximum absolute atomic E-state index is 11.5. The van der Waals surface area contributed by atoms with Crippen LogP contribution in [0.1, 0.15) is 27.2 Å². The van der Waals surface area contributed by atoms with E-state index in [9.17, 15) is 4.79 Å². The van der Waals surface area contributed by atoms with Crippen LogP contribution in [0.15, 0.2) is 12.2 Å². The van der Waals surface area contributed by atoms with Crippen molar-refractivity contribution < 1.29 is 9.90 Å². The number of hydrogen-bond donors (Lipinski definition) is 1. The second-order valence-corrected chi connectivity index (χ2v) is 3.38. The van der Waals surface area contributed by atoms with Crippen LogP contribution in [0.5, 0.6) is 0 Å². The van der Waals surface area contributed by atoms with E-state index in [0.717, 1.165) is 6.42 Å². The molecule has 0 rings (SSSR count). The molecule has 0 aromatic carbocycles. The summed E-state index contributed by atoms with van der Waals surface area (Å²) in [5, 5.41) is 9.16. The molecule has 76 valence electrons. The lowest BCUT2D eigenvalue weighted by Gasteiger charge is -2.23. The molecule has 0 aliphatic carbocycles. The van der Waals surface area contributed by atoms with Gasteiger partial charge in [-0.3, -0.25) is 4.79 Å². The number of carbonyl (C=O) groups is 1. The Morgan fingerprint density at radius 1 is 1.62 bits per heavy atom. The molecule has 0 spiro atoms. The zero-order valence-corrected chi connectivity index (χ0v) is 8.71. The Labute approximate surface area is 80.0 Å². The number of aliphatic hydroxyl groups is 1. The van der Waals surface area contributed by atoms with Gasteiger partial charge < -0.3 is 10.0 Å². The smallest absolute Gasteiger partial charge is 0.248 e. The van der Waals surface area contributed by atoms with E-state index < -0.39 is 6.10 Å². The summed E-state index contributed by atoms with van der Waals surface area (Å²) < 4.78 is 0. The van der Waals surface area contributed by atoms with E-state index in [2.05, 4.69) is 6.58 Å². The van der Waals surface area contributed by atoms with Gasteiger partial charge in [-0.1, -0.05) is 13.5 Å². The number of aliphatic hydroxyl groups excluding tert-OH is 1. The second-order valence-electron chi connectivity index (χ2n) is 3.38. The lowest BCUT2D eigenvalue weighted by Crippen LogP contribution is -2.37. The molecule has 0 aliphatic rings. The fourth-order valence-corrected chi connectivity index (χ4v) is 1.13. The summed E-state index contributed by atoms with van der Waals surface area (Å²) in [6.07, 6.45) is 0.418. The lowest BCUT2D eigenvalue weighted by atomic mass is 10.2. The molecule has 0 bridgehead atoms. The van der Waals surface area contributed by atoms with Gasteiger partial charge in [0.05, 0.1) is 6.10 Å². The maximum Gasteiger partial charge on any atom is 0.248 e. The molecule has 1 amide bonds. The van der Waals surface area contributed by atoms with E-state index in [1.807, 2.05) is 6.92 Å². The second kappa shape index (κ2) is 5.75. The zero-order valence-electron chi connectivity index (χ0n) is 8.71. The molecule has 3 heteroatoms. The highest BCUT2D eigenvalue weighted by Crippen LogP contribution is 2.01. The third-order valence-corrected chi connectivity index (χ3v) is 1.63. The molecule has 0 aromatic rings. The highest BCUT2D eigenvalue weighted by Gasteiger charge is 2.14. The predicted octanol–water partition coefficient (Wildman–Crippen LogP) is 1.18. The van der Waals surface area contributed by atoms with E-state index in [1.165, 1.54) is 0 Å². The number of carbonyl (C=O) groups excluding carboxylic acids is 1. The number of nitrogens with zero attached hydrogens (tertiary/aromatic N) is 1. The number of amides is 1. The minimum atomic E-state index is -0.477. The Balaban J connectivity index is 4.23. The third-order valence-electron chi connectivity index (χ3n) is 1.63. The monoisotopic (exact) mass is 185 g/mol. The normalized spacial score (nSPS) is 12.3. The van der Waals surface area contributed by atoms with Gasteiger partial charge in [0.15, 0.2) is 0 Å². The van der Waals surface area contributed by atoms with Crippen molar-refractivity contribution in [2.75, 3.05) is 13.1 Å². The standard InChI is InChI=1S/C10H19NO2/c1-5-6-11(7-9(4)12)10(13)8(2)3/h9,12H,2,5-7H2,1,3-4H3. The molecule has 0 saturated carbocycles. The number of hydrogen-bond acceptors (Lipinski definition) is 2. The van der Waals surface area contributed by atoms with Gasteiger partial charge in [0.2, 0.25) is 5.91 Å². The van der Waals surface area contributed by atoms with Crippen LogP contribution >= 0.6 is 0 Å². The van der Waals surface area contributed by atoms with E-state index >= 15 is 0 Å². The van der Waals surface area contributed by atoms with Gasteiger partial charge in [-0.25, -0.2) is 0 Å². The Hall–Kier alpha value is -0.830. The molecular weight excluding hydrogens is 166 g/mol. The summed E-state index contributed by atoms with van der Waals surface area (Å²) in [5.41, 5.74) is 0.522. The van der Waals surface area contributed by atoms with Crippen LogP contribution in [0.25, 0.3) is 0 Å². The van der Waals surface area contributed by atoms with Gasteiger partial charge >= 0.3 is 0 Å². The maximum atomic E-state index is 11.5. The van der Waals surface area contributed by atoms with E-state index in [-0.39, 0.29) is 5.91 Å². The topological polar surface area (TPSA) is 40.5 Å². The molecule has 0 aromatic heterocycles. The molecule has 0 heterocycles. The molecule has 13 heavy (non-hydrogen) atoms. The Morgan fingerprint density at radius 3 is 2.46 bits per heavy atom. The predicted molar refractivity (Wildman–Crippen MR) is 53.4 cm³/mol. The van der Waals surface area contributed by atoms with Crippen molar-refractivity contribution in [3.8, 4) is 0 Å². The molecule has 1 N–H and O–H groups in total. The summed E-state index contributed by atoms with van der Waals surface area (Å²) in [4.78, 5) is 13.1. The molecule has 1 atom stereocenters. The van der Waals surface area contributed by atoms with Gasteiger partial charge in [0.1, 0.15) is 0 Å². The first kappa shape index (κ1) is 12.2. The average Bonchev–Trinajstić information content (AvgIpc) is 2.01. The van der Waals surface area contributed by atoms with Crippen molar-refractivity contribution in [2.24, 2.45) is 0 Å². The van der Waals surface area contributed by atoms with Gasteiger partial charge in [0, 0.05) is 18.7 Å². The minimum absolute atomic E-state index is 0.0669. The Bertz CT molecular complexity index is 187. The SMILES string of the molecule is C=C(C)C(=O)N(CCC)CC(C)O. The van der Waals surface area contributed by atoms with Gasteiger partial charge in [0.25, 0.3) is 0 Å². The molecule has 3 nitrogen and oxygen atoms in total. The summed E-state index contributed by atoms with van der Waals surface area (Å²) in [7, 11) is 0. The third kappa shape index (κ3) is 4.68. The van der Waals surface area contributed by atoms with Crippen LogP contribution in [0, 0.1) is 0 Å². The van der Waals surface area contributed by atoms with Crippen LogP contribution in [0.4, 0.5) is 0 Å². The zero-order chi connectivity index (χ0) is 10.4. The van der Waals surface area contributed by atoms with Crippen molar-refractivity contribution >= 4 is 5.91 Å². The highest BCUT2D eigenvalue weighted by molar-refractivity contribution is 5.92. The fourth-order valence-electron chi connectivity index (χ4n) is 1.13. The summed E-state index contributed by atoms with van der Waals surface area (Å²) in [6, 6.07) is 0. The summed E-state index contributed by atoms with van der Waals surface area (Å²) in [6.45, 7) is 10.0. The van der Waals surface area contributed by atoms with Crippen molar-refractivity contribution in [3.05, 3.63) is 12.2 Å². The van der Waals surface area contributed by atoms with E-state index in [1.54, 1.807) is 18.7 Å². The largest absolute Gasteiger partial charge is 0.392 e. The Kier molecular flexibility index (Phi) is 5.39. The van der Waals surface area contributed by atoms with Crippen molar-refractivity contribution in [1.29, 1.82) is 0 Å². The highest BCUT2D eigenvalue weighted by atomic mass is 16.3. The quantitative estimate of drug-likeness (QED) is 0.653. The van der Waals surface area contributed by atoms with Crippen LogP contribution in [0.3, 0.4) is 0 Å². The summed E-state index contributed by atoms with van der Waals surface area (Å²) >= 11 is 0. The molecule has 0 aliphatic heterocycles. The van der Waals surface area contributed by atoms with Crippen LogP contribution in [0.2, 0.25) is 0 Å². The molecule has 0 saturated heterocycles. The average molecular weight is 185 g/mol. The van der Waals surface area contributed by atoms with Crippen LogP contribution in [-0.4, -0.2) is 35.1 Å². The molecular formula is C10H19NO2. The first-order chi connectivity index (χ1) is 5.99. The molecule has 0 fully saturated rings. The van der Waals surface area contributed by atoms with E-state index in [4.69, 9.17) is 5.11 Å². The Morgan fingerprint density at radius 2 is 2.15 bits per heavy atom. The van der Waals surface area contributed by atoms with Crippen molar-refractivity contribution in [1.82, 2.24) is 4.90 Å². The van der Waals surface area contributed by atoms with Crippen LogP contribution in [-0.2, 0) is 4.79 Å². The van der Waals surface area contributed by atoms with E-state index in [0.29, 0.717) is 18.7 Å².